The Balaban J connectivity index is 2.07. The van der Waals surface area contributed by atoms with Gasteiger partial charge in [-0.15, -0.1) is 0 Å². The Morgan fingerprint density at radius 1 is 0.778 bits per heavy atom. The average molecular weight is 539 g/mol. The highest BCUT2D eigenvalue weighted by Crippen LogP contribution is 2.46. The van der Waals surface area contributed by atoms with Crippen LogP contribution in [0.3, 0.4) is 0 Å². The lowest BCUT2D eigenvalue weighted by Gasteiger charge is -2.41. The lowest BCUT2D eigenvalue weighted by molar-refractivity contribution is -0.137. The van der Waals surface area contributed by atoms with Gasteiger partial charge in [-0.25, -0.2) is 9.59 Å². The molecule has 0 amide bonds. The third-order valence-electron chi connectivity index (χ3n) is 6.34. The Morgan fingerprint density at radius 2 is 1.19 bits per heavy atom. The molecular weight excluding hydrogens is 509 g/mol. The van der Waals surface area contributed by atoms with E-state index < -0.39 is 21.4 Å². The lowest BCUT2D eigenvalue weighted by atomic mass is 9.65. The molecule has 2 N–H and O–H groups in total. The summed E-state index contributed by atoms with van der Waals surface area (Å²) in [5, 5.41) is 18.6. The van der Waals surface area contributed by atoms with Crippen molar-refractivity contribution in [3.05, 3.63) is 119 Å². The van der Waals surface area contributed by atoms with Crippen LogP contribution in [0.2, 0.25) is 0 Å². The Labute approximate surface area is 228 Å². The maximum absolute atomic E-state index is 11.7. The van der Waals surface area contributed by atoms with Crippen LogP contribution in [0.5, 0.6) is 0 Å². The number of benzene rings is 3. The van der Waals surface area contributed by atoms with E-state index in [4.69, 9.17) is 12.6 Å². The van der Waals surface area contributed by atoms with Crippen LogP contribution in [-0.2, 0) is 15.0 Å². The normalized spacial score (nSPS) is 13.2. The van der Waals surface area contributed by atoms with E-state index in [0.717, 1.165) is 16.7 Å². The molecule has 188 valence electrons. The molecule has 0 aliphatic rings. The van der Waals surface area contributed by atoms with E-state index in [1.807, 2.05) is 54.6 Å². The molecule has 0 aliphatic heterocycles. The predicted molar refractivity (Wildman–Crippen MR) is 155 cm³/mol. The molecule has 3 aromatic carbocycles. The topological polar surface area (TPSA) is 74.6 Å². The van der Waals surface area contributed by atoms with Crippen molar-refractivity contribution < 1.29 is 19.8 Å². The van der Waals surface area contributed by atoms with Gasteiger partial charge in [-0.05, 0) is 42.4 Å². The largest absolute Gasteiger partial charge is 0.480 e. The number of carboxylic acids is 2. The first-order chi connectivity index (χ1) is 17.2. The van der Waals surface area contributed by atoms with Crippen molar-refractivity contribution in [3.63, 3.8) is 0 Å². The summed E-state index contributed by atoms with van der Waals surface area (Å²) in [6, 6.07) is 30.3. The number of allylic oxidation sites excluding steroid dienone is 1. The fourth-order valence-electron chi connectivity index (χ4n) is 4.66. The second kappa shape index (κ2) is 12.6. The van der Waals surface area contributed by atoms with Gasteiger partial charge in [0.2, 0.25) is 0 Å². The Morgan fingerprint density at radius 3 is 1.56 bits per heavy atom. The van der Waals surface area contributed by atoms with E-state index in [1.54, 1.807) is 0 Å². The first kappa shape index (κ1) is 28.0. The van der Waals surface area contributed by atoms with E-state index >= 15 is 0 Å². The monoisotopic (exact) mass is 538 g/mol. The van der Waals surface area contributed by atoms with Crippen LogP contribution < -0.4 is 0 Å². The minimum atomic E-state index is -1.48. The van der Waals surface area contributed by atoms with Crippen molar-refractivity contribution in [2.24, 2.45) is 0 Å². The summed E-state index contributed by atoms with van der Waals surface area (Å²) in [6.07, 6.45) is 2.60. The van der Waals surface area contributed by atoms with Crippen LogP contribution >= 0.6 is 37.9 Å². The third-order valence-corrected chi connectivity index (χ3v) is 7.74. The molecule has 0 saturated heterocycles. The third kappa shape index (κ3) is 6.58. The van der Waals surface area contributed by atoms with E-state index in [2.05, 4.69) is 61.7 Å². The summed E-state index contributed by atoms with van der Waals surface area (Å²) in [5.41, 5.74) is 3.16. The molecular formula is C29H30O4S3. The van der Waals surface area contributed by atoms with Crippen LogP contribution in [0.15, 0.2) is 103 Å². The summed E-state index contributed by atoms with van der Waals surface area (Å²) in [4.78, 5) is 23.1. The Hall–Kier alpha value is -2.61. The van der Waals surface area contributed by atoms with Gasteiger partial charge in [0.05, 0.1) is 5.41 Å². The molecule has 0 radical (unpaired) electrons. The summed E-state index contributed by atoms with van der Waals surface area (Å²) >= 11 is 13.4. The van der Waals surface area contributed by atoms with Gasteiger partial charge < -0.3 is 10.2 Å². The van der Waals surface area contributed by atoms with Crippen molar-refractivity contribution in [3.8, 4) is 0 Å². The summed E-state index contributed by atoms with van der Waals surface area (Å²) in [5.74, 6) is -2.17. The molecule has 3 aromatic rings. The van der Waals surface area contributed by atoms with Crippen molar-refractivity contribution in [2.75, 3.05) is 0 Å². The standard InChI is InChI=1S/C29H30O4S3/c30-26(31)20-21(11-10-18-28(35,36)27(32)33)19-25(34)29(22-12-4-1-5-13-22,23-14-6-2-7-15-23)24-16-8-3-9-17-24/h1-9,12-17,20,25,34-36H,10-11,18-19H2,(H,30,31)(H,32,33). The van der Waals surface area contributed by atoms with Crippen LogP contribution in [0.1, 0.15) is 42.4 Å². The molecule has 0 fully saturated rings. The van der Waals surface area contributed by atoms with Crippen LogP contribution in [0.4, 0.5) is 0 Å². The highest BCUT2D eigenvalue weighted by Gasteiger charge is 2.42. The van der Waals surface area contributed by atoms with Gasteiger partial charge in [-0.3, -0.25) is 0 Å². The van der Waals surface area contributed by atoms with Crippen molar-refractivity contribution in [2.45, 2.75) is 40.4 Å². The van der Waals surface area contributed by atoms with Gasteiger partial charge in [-0.1, -0.05) is 96.6 Å². The van der Waals surface area contributed by atoms with E-state index in [1.165, 1.54) is 6.08 Å². The number of aliphatic carboxylic acids is 2. The van der Waals surface area contributed by atoms with Gasteiger partial charge >= 0.3 is 11.9 Å². The molecule has 0 aliphatic carbocycles. The second-order valence-electron chi connectivity index (χ2n) is 8.74. The molecule has 0 spiro atoms. The molecule has 3 rings (SSSR count). The smallest absolute Gasteiger partial charge is 0.329 e. The number of rotatable bonds is 12. The Bertz CT molecular complexity index is 1080. The van der Waals surface area contributed by atoms with Crippen LogP contribution in [-0.4, -0.2) is 31.5 Å². The summed E-state index contributed by atoms with van der Waals surface area (Å²) in [6.45, 7) is 0. The number of thiol groups is 3. The minimum Gasteiger partial charge on any atom is -0.480 e. The predicted octanol–water partition coefficient (Wildman–Crippen LogP) is 6.53. The zero-order chi connectivity index (χ0) is 26.2. The van der Waals surface area contributed by atoms with E-state index in [0.29, 0.717) is 24.8 Å². The average Bonchev–Trinajstić information content (AvgIpc) is 2.86. The summed E-state index contributed by atoms with van der Waals surface area (Å²) in [7, 11) is 0. The number of hydrogen-bond acceptors (Lipinski definition) is 5. The molecule has 0 bridgehead atoms. The van der Waals surface area contributed by atoms with E-state index in [-0.39, 0.29) is 11.7 Å². The van der Waals surface area contributed by atoms with Crippen molar-refractivity contribution >= 4 is 49.8 Å². The molecule has 0 saturated carbocycles. The number of carbonyl (C=O) groups is 2. The summed E-state index contributed by atoms with van der Waals surface area (Å²) < 4.78 is -1.48. The van der Waals surface area contributed by atoms with Crippen molar-refractivity contribution in [1.82, 2.24) is 0 Å². The number of hydrogen-bond donors (Lipinski definition) is 5. The quantitative estimate of drug-likeness (QED) is 0.0787. The maximum Gasteiger partial charge on any atom is 0.329 e. The first-order valence-corrected chi connectivity index (χ1v) is 13.0. The van der Waals surface area contributed by atoms with E-state index in [9.17, 15) is 19.8 Å². The van der Waals surface area contributed by atoms with Gasteiger partial charge in [0, 0.05) is 11.3 Å². The maximum atomic E-state index is 11.7. The van der Waals surface area contributed by atoms with Gasteiger partial charge in [0.15, 0.2) is 4.08 Å². The molecule has 1 unspecified atom stereocenters. The molecule has 4 nitrogen and oxygen atoms in total. The zero-order valence-electron chi connectivity index (χ0n) is 19.7. The highest BCUT2D eigenvalue weighted by molar-refractivity contribution is 8.01. The van der Waals surface area contributed by atoms with Gasteiger partial charge in [0.25, 0.3) is 0 Å². The minimum absolute atomic E-state index is 0.184. The first-order valence-electron chi connectivity index (χ1n) is 11.6. The SMILES string of the molecule is O=C(O)C=C(CCCC(S)(S)C(=O)O)CC(S)C(c1ccccc1)(c1ccccc1)c1ccccc1. The number of carboxylic acid groups (broad SMARTS) is 2. The van der Waals surface area contributed by atoms with Gasteiger partial charge in [-0.2, -0.15) is 37.9 Å². The van der Waals surface area contributed by atoms with Crippen LogP contribution in [0.25, 0.3) is 0 Å². The second-order valence-corrected chi connectivity index (χ2v) is 11.2. The molecule has 36 heavy (non-hydrogen) atoms. The lowest BCUT2D eigenvalue weighted by Crippen LogP contribution is -2.39. The molecule has 7 heteroatoms. The molecule has 0 heterocycles. The fraction of sp³-hybridized carbons (Fsp3) is 0.241. The van der Waals surface area contributed by atoms with Crippen LogP contribution in [0, 0.1) is 0 Å². The Kier molecular flexibility index (Phi) is 9.77. The highest BCUT2D eigenvalue weighted by atomic mass is 32.2. The molecule has 0 aromatic heterocycles. The zero-order valence-corrected chi connectivity index (χ0v) is 22.4. The molecule has 1 atom stereocenters. The van der Waals surface area contributed by atoms with Crippen molar-refractivity contribution in [1.29, 1.82) is 0 Å². The fourth-order valence-corrected chi connectivity index (χ4v) is 5.66. The van der Waals surface area contributed by atoms with Gasteiger partial charge in [0.1, 0.15) is 0 Å².